The van der Waals surface area contributed by atoms with Crippen molar-refractivity contribution in [3.8, 4) is 11.1 Å². The smallest absolute Gasteiger partial charge is 0.410 e. The molecule has 2 atom stereocenters. The van der Waals surface area contributed by atoms with Crippen molar-refractivity contribution >= 4 is 11.8 Å². The third-order valence-corrected chi connectivity index (χ3v) is 6.26. The molecule has 0 N–H and O–H groups in total. The van der Waals surface area contributed by atoms with Gasteiger partial charge in [0, 0.05) is 37.3 Å². The highest BCUT2D eigenvalue weighted by atomic mass is 16.6. The zero-order valence-electron chi connectivity index (χ0n) is 16.9. The maximum Gasteiger partial charge on any atom is 0.410 e. The summed E-state index contributed by atoms with van der Waals surface area (Å²) in [6.45, 7) is 8.43. The molecule has 0 radical (unpaired) electrons. The van der Waals surface area contributed by atoms with Gasteiger partial charge in [-0.15, -0.1) is 0 Å². The summed E-state index contributed by atoms with van der Waals surface area (Å²) in [5.41, 5.74) is 6.45. The normalized spacial score (nSPS) is 22.8. The Bertz CT molecular complexity index is 916. The lowest BCUT2D eigenvalue weighted by Crippen LogP contribution is -2.49. The average Bonchev–Trinajstić information content (AvgIpc) is 3.23. The summed E-state index contributed by atoms with van der Waals surface area (Å²) in [6, 6.07) is 15.9. The van der Waals surface area contributed by atoms with Gasteiger partial charge < -0.3 is 14.5 Å². The molecule has 3 aliphatic rings. The SMILES string of the molecule is CC(C)(C)OC(=O)N1CC[C@@H]2[C@H](C1)c1cc(-c3ccccc3)cc3c1N2CC3. The Kier molecular flexibility index (Phi) is 3.94. The lowest BCUT2D eigenvalue weighted by Gasteiger charge is -2.38. The van der Waals surface area contributed by atoms with Crippen molar-refractivity contribution in [2.45, 2.75) is 51.2 Å². The maximum absolute atomic E-state index is 12.7. The first kappa shape index (κ1) is 17.6. The minimum atomic E-state index is -0.452. The van der Waals surface area contributed by atoms with Crippen LogP contribution in [0.25, 0.3) is 11.1 Å². The molecule has 4 nitrogen and oxygen atoms in total. The van der Waals surface area contributed by atoms with Gasteiger partial charge in [-0.1, -0.05) is 30.3 Å². The van der Waals surface area contributed by atoms with Crippen molar-refractivity contribution in [2.75, 3.05) is 24.5 Å². The number of amides is 1. The van der Waals surface area contributed by atoms with E-state index in [1.54, 1.807) is 0 Å². The molecule has 5 rings (SSSR count). The second-order valence-corrected chi connectivity index (χ2v) is 9.27. The molecule has 3 aliphatic heterocycles. The van der Waals surface area contributed by atoms with Crippen LogP contribution in [-0.2, 0) is 11.2 Å². The van der Waals surface area contributed by atoms with Gasteiger partial charge in [0.1, 0.15) is 5.60 Å². The van der Waals surface area contributed by atoms with E-state index in [9.17, 15) is 4.79 Å². The van der Waals surface area contributed by atoms with Crippen LogP contribution in [0.5, 0.6) is 0 Å². The molecule has 0 aliphatic carbocycles. The van der Waals surface area contributed by atoms with Gasteiger partial charge in [0.15, 0.2) is 0 Å². The summed E-state index contributed by atoms with van der Waals surface area (Å²) in [6.07, 6.45) is 1.96. The number of carbonyl (C=O) groups is 1. The fourth-order valence-electron chi connectivity index (χ4n) is 5.13. The molecule has 0 spiro atoms. The Hall–Kier alpha value is -2.49. The van der Waals surface area contributed by atoms with Crippen LogP contribution in [-0.4, -0.2) is 42.3 Å². The van der Waals surface area contributed by atoms with Crippen LogP contribution in [0.4, 0.5) is 10.5 Å². The molecule has 0 unspecified atom stereocenters. The van der Waals surface area contributed by atoms with E-state index in [0.717, 1.165) is 32.5 Å². The molecule has 146 valence electrons. The highest BCUT2D eigenvalue weighted by Crippen LogP contribution is 2.50. The maximum atomic E-state index is 12.7. The van der Waals surface area contributed by atoms with Crippen LogP contribution >= 0.6 is 0 Å². The number of benzene rings is 2. The van der Waals surface area contributed by atoms with Crippen LogP contribution in [0.1, 0.15) is 44.2 Å². The fourth-order valence-corrected chi connectivity index (χ4v) is 5.13. The van der Waals surface area contributed by atoms with Crippen molar-refractivity contribution in [3.05, 3.63) is 53.6 Å². The first-order chi connectivity index (χ1) is 13.4. The van der Waals surface area contributed by atoms with E-state index in [4.69, 9.17) is 4.74 Å². The van der Waals surface area contributed by atoms with Crippen molar-refractivity contribution in [1.29, 1.82) is 0 Å². The zero-order chi connectivity index (χ0) is 19.5. The molecule has 2 aromatic rings. The highest BCUT2D eigenvalue weighted by Gasteiger charge is 2.46. The number of nitrogens with zero attached hydrogens (tertiary/aromatic N) is 2. The van der Waals surface area contributed by atoms with Gasteiger partial charge in [-0.2, -0.15) is 0 Å². The largest absolute Gasteiger partial charge is 0.444 e. The Morgan fingerprint density at radius 2 is 1.86 bits per heavy atom. The second-order valence-electron chi connectivity index (χ2n) is 9.27. The summed E-state index contributed by atoms with van der Waals surface area (Å²) in [5, 5.41) is 0. The third-order valence-electron chi connectivity index (χ3n) is 6.26. The summed E-state index contributed by atoms with van der Waals surface area (Å²) in [7, 11) is 0. The third kappa shape index (κ3) is 2.86. The molecule has 4 heteroatoms. The molecule has 1 amide bonds. The Balaban J connectivity index is 1.48. The lowest BCUT2D eigenvalue weighted by atomic mass is 9.86. The first-order valence-corrected chi connectivity index (χ1v) is 10.4. The topological polar surface area (TPSA) is 32.8 Å². The number of hydrogen-bond acceptors (Lipinski definition) is 3. The van der Waals surface area contributed by atoms with Crippen molar-refractivity contribution in [1.82, 2.24) is 4.90 Å². The molecule has 1 saturated heterocycles. The summed E-state index contributed by atoms with van der Waals surface area (Å²) < 4.78 is 5.64. The molecular formula is C24H28N2O2. The van der Waals surface area contributed by atoms with Gasteiger partial charge in [-0.05, 0) is 68.0 Å². The van der Waals surface area contributed by atoms with Crippen LogP contribution in [0.15, 0.2) is 42.5 Å². The van der Waals surface area contributed by atoms with Crippen molar-refractivity contribution in [2.24, 2.45) is 0 Å². The molecular weight excluding hydrogens is 348 g/mol. The van der Waals surface area contributed by atoms with Gasteiger partial charge in [0.25, 0.3) is 0 Å². The van der Waals surface area contributed by atoms with Crippen LogP contribution in [0, 0.1) is 0 Å². The van der Waals surface area contributed by atoms with Crippen molar-refractivity contribution < 1.29 is 9.53 Å². The van der Waals surface area contributed by atoms with Gasteiger partial charge in [0.05, 0.1) is 0 Å². The van der Waals surface area contributed by atoms with E-state index in [1.165, 1.54) is 27.9 Å². The highest BCUT2D eigenvalue weighted by molar-refractivity contribution is 5.78. The second kappa shape index (κ2) is 6.26. The van der Waals surface area contributed by atoms with Gasteiger partial charge in [-0.25, -0.2) is 4.79 Å². The molecule has 28 heavy (non-hydrogen) atoms. The zero-order valence-corrected chi connectivity index (χ0v) is 16.9. The monoisotopic (exact) mass is 376 g/mol. The van der Waals surface area contributed by atoms with E-state index < -0.39 is 5.60 Å². The van der Waals surface area contributed by atoms with Crippen LogP contribution < -0.4 is 4.90 Å². The Labute approximate surface area is 167 Å². The fraction of sp³-hybridized carbons (Fsp3) is 0.458. The van der Waals surface area contributed by atoms with Crippen LogP contribution in [0.3, 0.4) is 0 Å². The minimum Gasteiger partial charge on any atom is -0.444 e. The number of anilines is 1. The predicted molar refractivity (Wildman–Crippen MR) is 112 cm³/mol. The summed E-state index contributed by atoms with van der Waals surface area (Å²) in [5.74, 6) is 0.374. The van der Waals surface area contributed by atoms with Gasteiger partial charge in [0.2, 0.25) is 0 Å². The summed E-state index contributed by atoms with van der Waals surface area (Å²) >= 11 is 0. The molecule has 3 heterocycles. The van der Waals surface area contributed by atoms with E-state index in [2.05, 4.69) is 47.4 Å². The number of carbonyl (C=O) groups excluding carboxylic acids is 1. The van der Waals surface area contributed by atoms with Crippen LogP contribution in [0.2, 0.25) is 0 Å². The summed E-state index contributed by atoms with van der Waals surface area (Å²) in [4.78, 5) is 17.2. The Morgan fingerprint density at radius 3 is 2.61 bits per heavy atom. The van der Waals surface area contributed by atoms with E-state index in [-0.39, 0.29) is 6.09 Å². The van der Waals surface area contributed by atoms with E-state index in [0.29, 0.717) is 12.0 Å². The molecule has 0 aromatic heterocycles. The Morgan fingerprint density at radius 1 is 1.07 bits per heavy atom. The average molecular weight is 377 g/mol. The van der Waals surface area contributed by atoms with Crippen molar-refractivity contribution in [3.63, 3.8) is 0 Å². The molecule has 2 aromatic carbocycles. The minimum absolute atomic E-state index is 0.178. The molecule has 0 saturated carbocycles. The molecule has 1 fully saturated rings. The number of rotatable bonds is 1. The quantitative estimate of drug-likeness (QED) is 0.715. The number of ether oxygens (including phenoxy) is 1. The predicted octanol–water partition coefficient (Wildman–Crippen LogP) is 4.82. The number of fused-ring (bicyclic) bond motifs is 3. The number of piperidine rings is 1. The number of likely N-dealkylation sites (tertiary alicyclic amines) is 1. The van der Waals surface area contributed by atoms with Gasteiger partial charge in [-0.3, -0.25) is 0 Å². The van der Waals surface area contributed by atoms with E-state index in [1.807, 2.05) is 25.7 Å². The number of hydrogen-bond donors (Lipinski definition) is 0. The first-order valence-electron chi connectivity index (χ1n) is 10.4. The van der Waals surface area contributed by atoms with E-state index >= 15 is 0 Å². The van der Waals surface area contributed by atoms with Gasteiger partial charge >= 0.3 is 6.09 Å². The standard InChI is InChI=1S/C24H28N2O2/c1-24(2,3)28-23(27)25-11-10-21-20(15-25)19-14-18(16-7-5-4-6-8-16)13-17-9-12-26(21)22(17)19/h4-8,13-14,20-21H,9-12,15H2,1-3H3/t20-,21-/m1/s1. The lowest BCUT2D eigenvalue weighted by molar-refractivity contribution is 0.0189. The molecule has 0 bridgehead atoms.